The molecule has 1 unspecified atom stereocenters. The van der Waals surface area contributed by atoms with Crippen molar-refractivity contribution in [2.75, 3.05) is 18.4 Å². The molecule has 3 rings (SSSR count). The quantitative estimate of drug-likeness (QED) is 0.685. The van der Waals surface area contributed by atoms with Gasteiger partial charge in [-0.3, -0.25) is 9.59 Å². The van der Waals surface area contributed by atoms with Gasteiger partial charge in [0, 0.05) is 23.0 Å². The number of nitrogens with zero attached hydrogens (tertiary/aromatic N) is 1. The molecule has 1 atom stereocenters. The fourth-order valence-corrected chi connectivity index (χ4v) is 4.16. The highest BCUT2D eigenvalue weighted by Gasteiger charge is 2.24. The van der Waals surface area contributed by atoms with Crippen LogP contribution in [0.15, 0.2) is 53.4 Å². The summed E-state index contributed by atoms with van der Waals surface area (Å²) in [4.78, 5) is 28.4. The number of carbonyl (C=O) groups is 2. The molecule has 0 radical (unpaired) electrons. The van der Waals surface area contributed by atoms with Crippen LogP contribution in [0.3, 0.4) is 0 Å². The van der Waals surface area contributed by atoms with Gasteiger partial charge in [-0.25, -0.2) is 0 Å². The molecule has 2 aromatic carbocycles. The Kier molecular flexibility index (Phi) is 6.80. The van der Waals surface area contributed by atoms with Gasteiger partial charge in [0.25, 0.3) is 5.91 Å². The van der Waals surface area contributed by atoms with Crippen molar-refractivity contribution in [1.82, 2.24) is 4.90 Å². The maximum atomic E-state index is 12.8. The number of benzene rings is 2. The number of anilines is 1. The Morgan fingerprint density at radius 2 is 1.78 bits per heavy atom. The number of rotatable bonds is 6. The van der Waals surface area contributed by atoms with Crippen molar-refractivity contribution < 1.29 is 9.59 Å². The zero-order chi connectivity index (χ0) is 19.2. The van der Waals surface area contributed by atoms with E-state index in [4.69, 9.17) is 11.6 Å². The molecule has 2 amide bonds. The van der Waals surface area contributed by atoms with Gasteiger partial charge in [0.2, 0.25) is 5.91 Å². The van der Waals surface area contributed by atoms with Gasteiger partial charge in [-0.2, -0.15) is 0 Å². The van der Waals surface area contributed by atoms with Gasteiger partial charge in [0.1, 0.15) is 0 Å². The van der Waals surface area contributed by atoms with Gasteiger partial charge < -0.3 is 10.2 Å². The third-order valence-electron chi connectivity index (χ3n) is 4.56. The number of para-hydroxylation sites is 1. The molecule has 1 N–H and O–H groups in total. The Morgan fingerprint density at radius 3 is 2.44 bits per heavy atom. The first kappa shape index (κ1) is 19.8. The largest absolute Gasteiger partial charge is 0.339 e. The van der Waals surface area contributed by atoms with E-state index in [1.54, 1.807) is 12.1 Å². The van der Waals surface area contributed by atoms with E-state index in [2.05, 4.69) is 5.32 Å². The van der Waals surface area contributed by atoms with Gasteiger partial charge in [-0.1, -0.05) is 30.7 Å². The van der Waals surface area contributed by atoms with Crippen molar-refractivity contribution in [3.05, 3.63) is 59.1 Å². The van der Waals surface area contributed by atoms with Gasteiger partial charge in [-0.05, 0) is 55.7 Å². The fraction of sp³-hybridized carbons (Fsp3) is 0.333. The number of hydrogen-bond acceptors (Lipinski definition) is 3. The predicted octanol–water partition coefficient (Wildman–Crippen LogP) is 5.09. The lowest BCUT2D eigenvalue weighted by Gasteiger charge is -2.19. The number of halogens is 1. The fourth-order valence-electron chi connectivity index (χ4n) is 3.08. The summed E-state index contributed by atoms with van der Waals surface area (Å²) in [5.41, 5.74) is 1.13. The number of nitrogens with one attached hydrogen (secondary N) is 1. The van der Waals surface area contributed by atoms with Crippen LogP contribution in [0.4, 0.5) is 5.69 Å². The van der Waals surface area contributed by atoms with E-state index < -0.39 is 0 Å². The first-order valence-electron chi connectivity index (χ1n) is 9.20. The van der Waals surface area contributed by atoms with Crippen LogP contribution in [0, 0.1) is 0 Å². The maximum Gasteiger partial charge on any atom is 0.255 e. The lowest BCUT2D eigenvalue weighted by Crippen LogP contribution is -2.30. The van der Waals surface area contributed by atoms with E-state index in [1.165, 1.54) is 11.8 Å². The molecule has 27 heavy (non-hydrogen) atoms. The SMILES string of the molecule is CCC(Sc1ccc(Cl)cc1)C(=O)Nc1ccccc1C(=O)N1CCCC1. The van der Waals surface area contributed by atoms with Gasteiger partial charge in [-0.15, -0.1) is 11.8 Å². The van der Waals surface area contributed by atoms with Crippen LogP contribution in [0.5, 0.6) is 0 Å². The highest BCUT2D eigenvalue weighted by molar-refractivity contribution is 8.00. The van der Waals surface area contributed by atoms with Crippen LogP contribution >= 0.6 is 23.4 Å². The normalized spacial score (nSPS) is 14.8. The summed E-state index contributed by atoms with van der Waals surface area (Å²) in [5.74, 6) is -0.110. The first-order valence-corrected chi connectivity index (χ1v) is 10.5. The molecule has 0 spiro atoms. The molecule has 1 aliphatic rings. The summed E-state index contributed by atoms with van der Waals surface area (Å²) < 4.78 is 0. The highest BCUT2D eigenvalue weighted by atomic mass is 35.5. The molecular formula is C21H23ClN2O2S. The smallest absolute Gasteiger partial charge is 0.255 e. The van der Waals surface area contributed by atoms with E-state index in [9.17, 15) is 9.59 Å². The number of hydrogen-bond donors (Lipinski definition) is 1. The van der Waals surface area contributed by atoms with E-state index in [-0.39, 0.29) is 17.1 Å². The third-order valence-corrected chi connectivity index (χ3v) is 6.19. The van der Waals surface area contributed by atoms with Crippen LogP contribution in [0.1, 0.15) is 36.5 Å². The summed E-state index contributed by atoms with van der Waals surface area (Å²) in [6.45, 7) is 3.55. The van der Waals surface area contributed by atoms with Crippen molar-refractivity contribution >= 4 is 40.9 Å². The van der Waals surface area contributed by atoms with Gasteiger partial charge in [0.05, 0.1) is 16.5 Å². The molecule has 1 aliphatic heterocycles. The Hall–Kier alpha value is -1.98. The molecule has 0 bridgehead atoms. The molecule has 0 aliphatic carbocycles. The molecule has 4 nitrogen and oxygen atoms in total. The van der Waals surface area contributed by atoms with E-state index in [0.29, 0.717) is 22.7 Å². The molecule has 0 saturated carbocycles. The average Bonchev–Trinajstić information content (AvgIpc) is 3.22. The lowest BCUT2D eigenvalue weighted by molar-refractivity contribution is -0.115. The maximum absolute atomic E-state index is 12.8. The van der Waals surface area contributed by atoms with Crippen molar-refractivity contribution in [3.63, 3.8) is 0 Å². The lowest BCUT2D eigenvalue weighted by atomic mass is 10.1. The number of carbonyl (C=O) groups excluding carboxylic acids is 2. The van der Waals surface area contributed by atoms with Gasteiger partial charge in [0.15, 0.2) is 0 Å². The molecule has 6 heteroatoms. The van der Waals surface area contributed by atoms with Crippen LogP contribution in [-0.2, 0) is 4.79 Å². The molecule has 1 fully saturated rings. The summed E-state index contributed by atoms with van der Waals surface area (Å²) in [6.07, 6.45) is 2.76. The minimum atomic E-state index is -0.249. The third kappa shape index (κ3) is 5.05. The zero-order valence-electron chi connectivity index (χ0n) is 15.3. The van der Waals surface area contributed by atoms with Crippen LogP contribution in [0.25, 0.3) is 0 Å². The standard InChI is InChI=1S/C21H23ClN2O2S/c1-2-19(27-16-11-9-15(22)10-12-16)20(25)23-18-8-4-3-7-17(18)21(26)24-13-5-6-14-24/h3-4,7-12,19H,2,5-6,13-14H2,1H3,(H,23,25). The Labute approximate surface area is 169 Å². The molecule has 142 valence electrons. The molecule has 2 aromatic rings. The number of thioether (sulfide) groups is 1. The van der Waals surface area contributed by atoms with E-state index >= 15 is 0 Å². The summed E-state index contributed by atoms with van der Waals surface area (Å²) in [6, 6.07) is 14.7. The minimum absolute atomic E-state index is 0.0122. The molecular weight excluding hydrogens is 380 g/mol. The zero-order valence-corrected chi connectivity index (χ0v) is 16.9. The monoisotopic (exact) mass is 402 g/mol. The van der Waals surface area contributed by atoms with E-state index in [1.807, 2.05) is 48.2 Å². The summed E-state index contributed by atoms with van der Waals surface area (Å²) in [7, 11) is 0. The van der Waals surface area contributed by atoms with E-state index in [0.717, 1.165) is 30.8 Å². The van der Waals surface area contributed by atoms with Gasteiger partial charge >= 0.3 is 0 Å². The second-order valence-electron chi connectivity index (χ2n) is 6.50. The summed E-state index contributed by atoms with van der Waals surface area (Å²) in [5, 5.41) is 3.39. The molecule has 0 aromatic heterocycles. The van der Waals surface area contributed by atoms with Crippen LogP contribution in [-0.4, -0.2) is 35.1 Å². The van der Waals surface area contributed by atoms with Crippen molar-refractivity contribution in [2.24, 2.45) is 0 Å². The van der Waals surface area contributed by atoms with Crippen molar-refractivity contribution in [3.8, 4) is 0 Å². The predicted molar refractivity (Wildman–Crippen MR) is 112 cm³/mol. The average molecular weight is 403 g/mol. The first-order chi connectivity index (χ1) is 13.1. The summed E-state index contributed by atoms with van der Waals surface area (Å²) >= 11 is 7.43. The second-order valence-corrected chi connectivity index (χ2v) is 8.22. The van der Waals surface area contributed by atoms with Crippen LogP contribution in [0.2, 0.25) is 5.02 Å². The van der Waals surface area contributed by atoms with Crippen LogP contribution < -0.4 is 5.32 Å². The molecule has 1 saturated heterocycles. The topological polar surface area (TPSA) is 49.4 Å². The van der Waals surface area contributed by atoms with Crippen molar-refractivity contribution in [1.29, 1.82) is 0 Å². The number of amides is 2. The highest BCUT2D eigenvalue weighted by Crippen LogP contribution is 2.28. The van der Waals surface area contributed by atoms with Crippen molar-refractivity contribution in [2.45, 2.75) is 36.3 Å². The Bertz CT molecular complexity index is 804. The minimum Gasteiger partial charge on any atom is -0.339 e. The molecule has 1 heterocycles. The second kappa shape index (κ2) is 9.29. The Balaban J connectivity index is 1.72. The Morgan fingerprint density at radius 1 is 1.11 bits per heavy atom. The number of likely N-dealkylation sites (tertiary alicyclic amines) is 1.